The maximum atomic E-state index is 14.5. The standard InChI is InChI=1S/C25H29ClFN7O2/c1-3-36-25(35)18-6-4-5-7-23(18)34(33-32-28)15(2)24(16-8-10-19(26)20(27)12-16)31-17-9-11-21-22(13-17)30-14-29-21/h8-14,18,23-24,31H,2-7H2,1H3,(H2,28,33)(H,29,30). The van der Waals surface area contributed by atoms with Crippen LogP contribution in [-0.4, -0.2) is 33.6 Å². The number of carbonyl (C=O) groups excluding carboxylic acids is 1. The summed E-state index contributed by atoms with van der Waals surface area (Å²) in [7, 11) is 0. The van der Waals surface area contributed by atoms with Crippen LogP contribution in [0.3, 0.4) is 0 Å². The van der Waals surface area contributed by atoms with Gasteiger partial charge in [-0.25, -0.2) is 14.4 Å². The Balaban J connectivity index is 1.72. The molecule has 1 aromatic heterocycles. The zero-order valence-electron chi connectivity index (χ0n) is 20.0. The van der Waals surface area contributed by atoms with Crippen molar-refractivity contribution in [2.75, 3.05) is 11.9 Å². The van der Waals surface area contributed by atoms with Crippen molar-refractivity contribution in [3.63, 3.8) is 0 Å². The van der Waals surface area contributed by atoms with Crippen LogP contribution in [0.5, 0.6) is 0 Å². The number of hydrogen-bond acceptors (Lipinski definition) is 6. The molecule has 1 fully saturated rings. The molecule has 9 nitrogen and oxygen atoms in total. The highest BCUT2D eigenvalue weighted by Crippen LogP contribution is 2.37. The van der Waals surface area contributed by atoms with Gasteiger partial charge in [0.15, 0.2) is 0 Å². The Morgan fingerprint density at radius 1 is 1.36 bits per heavy atom. The molecule has 0 aliphatic heterocycles. The highest BCUT2D eigenvalue weighted by Gasteiger charge is 2.39. The van der Waals surface area contributed by atoms with Gasteiger partial charge in [0.05, 0.1) is 52.7 Å². The lowest BCUT2D eigenvalue weighted by Gasteiger charge is -2.39. The van der Waals surface area contributed by atoms with Crippen molar-refractivity contribution in [3.8, 4) is 0 Å². The van der Waals surface area contributed by atoms with Crippen molar-refractivity contribution in [2.24, 2.45) is 22.2 Å². The molecule has 2 aromatic carbocycles. The normalized spacial score (nSPS) is 18.8. The summed E-state index contributed by atoms with van der Waals surface area (Å²) < 4.78 is 19.9. The Bertz CT molecular complexity index is 1260. The van der Waals surface area contributed by atoms with E-state index in [9.17, 15) is 9.18 Å². The van der Waals surface area contributed by atoms with Gasteiger partial charge in [0, 0.05) is 5.69 Å². The Labute approximate surface area is 213 Å². The van der Waals surface area contributed by atoms with Gasteiger partial charge in [0.1, 0.15) is 5.82 Å². The van der Waals surface area contributed by atoms with Crippen LogP contribution in [0, 0.1) is 11.7 Å². The minimum absolute atomic E-state index is 0.00853. The second-order valence-corrected chi connectivity index (χ2v) is 9.04. The first kappa shape index (κ1) is 25.4. The number of ether oxygens (including phenoxy) is 1. The minimum Gasteiger partial charge on any atom is -0.466 e. The number of rotatable bonds is 9. The molecule has 4 rings (SSSR count). The number of aromatic amines is 1. The van der Waals surface area contributed by atoms with Crippen molar-refractivity contribution in [3.05, 3.63) is 71.4 Å². The molecule has 3 atom stereocenters. The first-order valence-electron chi connectivity index (χ1n) is 11.8. The lowest BCUT2D eigenvalue weighted by Crippen LogP contribution is -2.44. The maximum absolute atomic E-state index is 14.5. The van der Waals surface area contributed by atoms with Gasteiger partial charge in [0.2, 0.25) is 0 Å². The number of imidazole rings is 1. The SMILES string of the molecule is C=C(C(Nc1ccc2[nH]cnc2c1)c1ccc(Cl)c(F)c1)N(/N=N\N)C1CCCCC1C(=O)OCC. The molecule has 0 amide bonds. The predicted molar refractivity (Wildman–Crippen MR) is 136 cm³/mol. The number of halogens is 2. The summed E-state index contributed by atoms with van der Waals surface area (Å²) in [5.74, 6) is 4.21. The van der Waals surface area contributed by atoms with E-state index in [0.717, 1.165) is 29.6 Å². The van der Waals surface area contributed by atoms with Gasteiger partial charge in [-0.05, 0) is 60.9 Å². The van der Waals surface area contributed by atoms with Gasteiger partial charge in [0.25, 0.3) is 0 Å². The van der Waals surface area contributed by atoms with E-state index >= 15 is 0 Å². The smallest absolute Gasteiger partial charge is 0.311 e. The number of anilines is 1. The lowest BCUT2D eigenvalue weighted by molar-refractivity contribution is -0.151. The molecule has 0 spiro atoms. The van der Waals surface area contributed by atoms with Crippen LogP contribution >= 0.6 is 11.6 Å². The molecule has 1 aliphatic rings. The Kier molecular flexibility index (Phi) is 8.04. The van der Waals surface area contributed by atoms with Gasteiger partial charge >= 0.3 is 5.97 Å². The van der Waals surface area contributed by atoms with Crippen LogP contribution in [0.15, 0.2) is 65.4 Å². The number of fused-ring (bicyclic) bond motifs is 1. The monoisotopic (exact) mass is 513 g/mol. The number of nitrogens with zero attached hydrogens (tertiary/aromatic N) is 4. The number of esters is 1. The minimum atomic E-state index is -0.650. The number of nitrogens with one attached hydrogen (secondary N) is 2. The van der Waals surface area contributed by atoms with Crippen molar-refractivity contribution < 1.29 is 13.9 Å². The summed E-state index contributed by atoms with van der Waals surface area (Å²) >= 11 is 5.95. The van der Waals surface area contributed by atoms with Gasteiger partial charge in [-0.15, -0.1) is 0 Å². The Morgan fingerprint density at radius 2 is 2.17 bits per heavy atom. The van der Waals surface area contributed by atoms with Gasteiger partial charge < -0.3 is 20.9 Å². The first-order valence-corrected chi connectivity index (χ1v) is 12.2. The third kappa shape index (κ3) is 5.43. The van der Waals surface area contributed by atoms with Crippen LogP contribution in [0.25, 0.3) is 11.0 Å². The fraction of sp³-hybridized carbons (Fsp3) is 0.360. The molecular weight excluding hydrogens is 485 g/mol. The number of carbonyl (C=O) groups is 1. The molecule has 1 heterocycles. The quantitative estimate of drug-likeness (QED) is 0.146. The molecule has 1 saturated carbocycles. The van der Waals surface area contributed by atoms with E-state index in [-0.39, 0.29) is 23.6 Å². The topological polar surface area (TPSA) is 121 Å². The molecule has 0 saturated heterocycles. The largest absolute Gasteiger partial charge is 0.466 e. The van der Waals surface area contributed by atoms with E-state index in [2.05, 4.69) is 32.3 Å². The van der Waals surface area contributed by atoms with E-state index in [4.69, 9.17) is 22.2 Å². The summed E-state index contributed by atoms with van der Waals surface area (Å²) in [6.45, 7) is 6.35. The fourth-order valence-corrected chi connectivity index (χ4v) is 4.81. The first-order chi connectivity index (χ1) is 17.4. The molecule has 3 aromatic rings. The zero-order valence-corrected chi connectivity index (χ0v) is 20.7. The Hall–Kier alpha value is -3.66. The molecule has 0 radical (unpaired) electrons. The third-order valence-electron chi connectivity index (χ3n) is 6.42. The van der Waals surface area contributed by atoms with Crippen molar-refractivity contribution in [1.29, 1.82) is 0 Å². The van der Waals surface area contributed by atoms with Crippen LogP contribution in [0.4, 0.5) is 10.1 Å². The highest BCUT2D eigenvalue weighted by molar-refractivity contribution is 6.30. The predicted octanol–water partition coefficient (Wildman–Crippen LogP) is 5.69. The zero-order chi connectivity index (χ0) is 25.7. The van der Waals surface area contributed by atoms with E-state index in [1.807, 2.05) is 18.2 Å². The Morgan fingerprint density at radius 3 is 2.92 bits per heavy atom. The van der Waals surface area contributed by atoms with Crippen molar-refractivity contribution in [1.82, 2.24) is 15.0 Å². The van der Waals surface area contributed by atoms with Crippen molar-refractivity contribution in [2.45, 2.75) is 44.7 Å². The van der Waals surface area contributed by atoms with Crippen molar-refractivity contribution >= 4 is 34.3 Å². The molecular formula is C25H29ClFN7O2. The number of hydrogen-bond donors (Lipinski definition) is 3. The molecule has 11 heteroatoms. The third-order valence-corrected chi connectivity index (χ3v) is 6.72. The number of nitrogens with two attached hydrogens (primary N) is 1. The van der Waals surface area contributed by atoms with Gasteiger partial charge in [-0.2, -0.15) is 0 Å². The average Bonchev–Trinajstić information content (AvgIpc) is 3.35. The second kappa shape index (κ2) is 11.4. The number of H-pyrrole nitrogens is 1. The molecule has 190 valence electrons. The van der Waals surface area contributed by atoms with E-state index in [1.54, 1.807) is 24.3 Å². The molecule has 0 bridgehead atoms. The van der Waals surface area contributed by atoms with Gasteiger partial charge in [-0.1, -0.05) is 42.3 Å². The van der Waals surface area contributed by atoms with E-state index < -0.39 is 17.8 Å². The summed E-state index contributed by atoms with van der Waals surface area (Å²) in [5.41, 5.74) is 3.37. The van der Waals surface area contributed by atoms with Crippen LogP contribution in [0.1, 0.15) is 44.2 Å². The van der Waals surface area contributed by atoms with E-state index in [1.165, 1.54) is 12.1 Å². The summed E-state index contributed by atoms with van der Waals surface area (Å²) in [5, 5.41) is 12.7. The number of aromatic nitrogens is 2. The molecule has 3 unspecified atom stereocenters. The van der Waals surface area contributed by atoms with Crippen LogP contribution < -0.4 is 11.2 Å². The lowest BCUT2D eigenvalue weighted by atomic mass is 9.83. The summed E-state index contributed by atoms with van der Waals surface area (Å²) in [6.07, 6.45) is 4.72. The average molecular weight is 514 g/mol. The molecule has 36 heavy (non-hydrogen) atoms. The highest BCUT2D eigenvalue weighted by atomic mass is 35.5. The summed E-state index contributed by atoms with van der Waals surface area (Å²) in [6, 6.07) is 9.17. The van der Waals surface area contributed by atoms with Crippen LogP contribution in [0.2, 0.25) is 5.02 Å². The van der Waals surface area contributed by atoms with E-state index in [0.29, 0.717) is 24.1 Å². The molecule has 1 aliphatic carbocycles. The second-order valence-electron chi connectivity index (χ2n) is 8.64. The van der Waals surface area contributed by atoms with Crippen LogP contribution in [-0.2, 0) is 9.53 Å². The molecule has 4 N–H and O–H groups in total. The number of benzene rings is 2. The fourth-order valence-electron chi connectivity index (χ4n) is 4.69. The summed E-state index contributed by atoms with van der Waals surface area (Å²) in [4.78, 5) is 20.1. The van der Waals surface area contributed by atoms with Gasteiger partial charge in [-0.3, -0.25) is 4.79 Å². The maximum Gasteiger partial charge on any atom is 0.311 e.